The van der Waals surface area contributed by atoms with E-state index < -0.39 is 24.7 Å². The van der Waals surface area contributed by atoms with E-state index >= 15 is 0 Å². The topological polar surface area (TPSA) is 64.8 Å². The fourth-order valence-electron chi connectivity index (χ4n) is 1.49. The third kappa shape index (κ3) is 8.02. The molecule has 1 atom stereocenters. The van der Waals surface area contributed by atoms with Crippen LogP contribution in [0.5, 0.6) is 0 Å². The van der Waals surface area contributed by atoms with Crippen molar-refractivity contribution in [1.29, 1.82) is 0 Å². The molecule has 19 heavy (non-hydrogen) atoms. The molecule has 0 rings (SSSR count). The van der Waals surface area contributed by atoms with Crippen LogP contribution in [0, 0.1) is 0 Å². The van der Waals surface area contributed by atoms with Crippen LogP contribution < -0.4 is 5.73 Å². The summed E-state index contributed by atoms with van der Waals surface area (Å²) >= 11 is 0. The van der Waals surface area contributed by atoms with E-state index in [1.807, 2.05) is 0 Å². The molecule has 0 aliphatic carbocycles. The average molecular weight is 286 g/mol. The molecular formula is C11H21F3N2O3. The van der Waals surface area contributed by atoms with Gasteiger partial charge in [-0.25, -0.2) is 0 Å². The van der Waals surface area contributed by atoms with Gasteiger partial charge in [-0.3, -0.25) is 4.79 Å². The van der Waals surface area contributed by atoms with E-state index in [1.54, 1.807) is 6.92 Å². The minimum absolute atomic E-state index is 0.0434. The first-order valence-corrected chi connectivity index (χ1v) is 6.01. The number of amides is 1. The molecule has 1 amide bonds. The van der Waals surface area contributed by atoms with Crippen LogP contribution >= 0.6 is 0 Å². The number of rotatable bonds is 9. The minimum Gasteiger partial charge on any atom is -0.382 e. The predicted octanol–water partition coefficient (Wildman–Crippen LogP) is 0.778. The Hall–Kier alpha value is -0.860. The lowest BCUT2D eigenvalue weighted by Crippen LogP contribution is -2.47. The predicted molar refractivity (Wildman–Crippen MR) is 63.6 cm³/mol. The Morgan fingerprint density at radius 3 is 2.47 bits per heavy atom. The van der Waals surface area contributed by atoms with E-state index in [4.69, 9.17) is 15.2 Å². The largest absolute Gasteiger partial charge is 0.406 e. The van der Waals surface area contributed by atoms with E-state index in [0.29, 0.717) is 24.5 Å². The zero-order valence-electron chi connectivity index (χ0n) is 11.2. The highest BCUT2D eigenvalue weighted by Crippen LogP contribution is 2.17. The van der Waals surface area contributed by atoms with Gasteiger partial charge < -0.3 is 20.1 Å². The van der Waals surface area contributed by atoms with Crippen LogP contribution in [0.3, 0.4) is 0 Å². The van der Waals surface area contributed by atoms with Crippen LogP contribution in [0.4, 0.5) is 13.2 Å². The quantitative estimate of drug-likeness (QED) is 0.636. The molecule has 0 saturated heterocycles. The zero-order chi connectivity index (χ0) is 14.9. The maximum atomic E-state index is 12.4. The SMILES string of the molecule is CCOCCCN(CC(F)(F)F)C(=O)C(CN)OC. The van der Waals surface area contributed by atoms with E-state index in [2.05, 4.69) is 0 Å². The Bertz CT molecular complexity index is 258. The first kappa shape index (κ1) is 18.1. The van der Waals surface area contributed by atoms with Crippen molar-refractivity contribution in [1.82, 2.24) is 4.90 Å². The highest BCUT2D eigenvalue weighted by Gasteiger charge is 2.34. The second-order valence-electron chi connectivity index (χ2n) is 3.89. The van der Waals surface area contributed by atoms with Crippen LogP contribution in [-0.2, 0) is 14.3 Å². The number of hydrogen-bond acceptors (Lipinski definition) is 4. The van der Waals surface area contributed by atoms with Gasteiger partial charge in [-0.05, 0) is 13.3 Å². The Kier molecular flexibility index (Phi) is 8.70. The van der Waals surface area contributed by atoms with Gasteiger partial charge >= 0.3 is 6.18 Å². The number of hydrogen-bond donors (Lipinski definition) is 1. The molecule has 114 valence electrons. The second-order valence-corrected chi connectivity index (χ2v) is 3.89. The minimum atomic E-state index is -4.45. The van der Waals surface area contributed by atoms with E-state index in [0.717, 1.165) is 0 Å². The summed E-state index contributed by atoms with van der Waals surface area (Å²) in [6, 6.07) is 0. The van der Waals surface area contributed by atoms with Crippen molar-refractivity contribution in [3.8, 4) is 0 Å². The van der Waals surface area contributed by atoms with Crippen molar-refractivity contribution in [2.24, 2.45) is 5.73 Å². The number of nitrogens with zero attached hydrogens (tertiary/aromatic N) is 1. The molecule has 0 aliphatic heterocycles. The van der Waals surface area contributed by atoms with Crippen LogP contribution in [-0.4, -0.2) is 63.0 Å². The van der Waals surface area contributed by atoms with E-state index in [9.17, 15) is 18.0 Å². The van der Waals surface area contributed by atoms with Crippen LogP contribution in [0.2, 0.25) is 0 Å². The lowest BCUT2D eigenvalue weighted by atomic mass is 10.2. The van der Waals surface area contributed by atoms with Gasteiger partial charge in [0.15, 0.2) is 0 Å². The molecule has 0 aromatic carbocycles. The molecular weight excluding hydrogens is 265 g/mol. The Morgan fingerprint density at radius 2 is 2.05 bits per heavy atom. The van der Waals surface area contributed by atoms with Crippen molar-refractivity contribution in [2.75, 3.05) is 40.0 Å². The van der Waals surface area contributed by atoms with Gasteiger partial charge in [0, 0.05) is 33.4 Å². The number of nitrogens with two attached hydrogens (primary N) is 1. The van der Waals surface area contributed by atoms with Crippen molar-refractivity contribution in [3.63, 3.8) is 0 Å². The van der Waals surface area contributed by atoms with Crippen LogP contribution in [0.1, 0.15) is 13.3 Å². The Labute approximate surface area is 110 Å². The Morgan fingerprint density at radius 1 is 1.42 bits per heavy atom. The third-order valence-electron chi connectivity index (χ3n) is 2.38. The summed E-state index contributed by atoms with van der Waals surface area (Å²) in [5.74, 6) is -0.751. The number of halogens is 3. The summed E-state index contributed by atoms with van der Waals surface area (Å²) in [5.41, 5.74) is 5.28. The molecule has 0 aromatic rings. The summed E-state index contributed by atoms with van der Waals surface area (Å²) in [6.07, 6.45) is -5.17. The fourth-order valence-corrected chi connectivity index (χ4v) is 1.49. The van der Waals surface area contributed by atoms with Crippen LogP contribution in [0.25, 0.3) is 0 Å². The lowest BCUT2D eigenvalue weighted by Gasteiger charge is -2.27. The molecule has 0 aliphatic rings. The Balaban J connectivity index is 4.52. The third-order valence-corrected chi connectivity index (χ3v) is 2.38. The smallest absolute Gasteiger partial charge is 0.382 e. The maximum Gasteiger partial charge on any atom is 0.406 e. The molecule has 0 fully saturated rings. The zero-order valence-corrected chi connectivity index (χ0v) is 11.2. The van der Waals surface area contributed by atoms with Crippen molar-refractivity contribution >= 4 is 5.91 Å². The van der Waals surface area contributed by atoms with Crippen LogP contribution in [0.15, 0.2) is 0 Å². The molecule has 0 radical (unpaired) electrons. The molecule has 5 nitrogen and oxygen atoms in total. The molecule has 0 saturated carbocycles. The molecule has 8 heteroatoms. The number of carbonyl (C=O) groups excluding carboxylic acids is 1. The van der Waals surface area contributed by atoms with E-state index in [-0.39, 0.29) is 13.1 Å². The molecule has 1 unspecified atom stereocenters. The second kappa shape index (κ2) is 9.11. The van der Waals surface area contributed by atoms with Gasteiger partial charge in [-0.15, -0.1) is 0 Å². The summed E-state index contributed by atoms with van der Waals surface area (Å²) in [5, 5.41) is 0. The summed E-state index contributed by atoms with van der Waals surface area (Å²) < 4.78 is 47.0. The number of alkyl halides is 3. The normalized spacial score (nSPS) is 13.4. The highest BCUT2D eigenvalue weighted by molar-refractivity contribution is 5.81. The van der Waals surface area contributed by atoms with Gasteiger partial charge in [0.25, 0.3) is 5.91 Å². The highest BCUT2D eigenvalue weighted by atomic mass is 19.4. The molecule has 0 aromatic heterocycles. The lowest BCUT2D eigenvalue weighted by molar-refractivity contribution is -0.167. The number of carbonyl (C=O) groups is 1. The van der Waals surface area contributed by atoms with Gasteiger partial charge in [-0.1, -0.05) is 0 Å². The standard InChI is InChI=1S/C11H21F3N2O3/c1-3-19-6-4-5-16(8-11(12,13)14)10(17)9(7-15)18-2/h9H,3-8,15H2,1-2H3. The fraction of sp³-hybridized carbons (Fsp3) is 0.909. The van der Waals surface area contributed by atoms with Gasteiger partial charge in [0.05, 0.1) is 0 Å². The average Bonchev–Trinajstić information content (AvgIpc) is 2.33. The monoisotopic (exact) mass is 286 g/mol. The van der Waals surface area contributed by atoms with Gasteiger partial charge in [-0.2, -0.15) is 13.2 Å². The first-order valence-electron chi connectivity index (χ1n) is 6.01. The molecule has 0 spiro atoms. The summed E-state index contributed by atoms with van der Waals surface area (Å²) in [6.45, 7) is 1.06. The first-order chi connectivity index (χ1) is 8.85. The molecule has 0 bridgehead atoms. The molecule has 2 N–H and O–H groups in total. The maximum absolute atomic E-state index is 12.4. The summed E-state index contributed by atoms with van der Waals surface area (Å²) in [7, 11) is 1.24. The van der Waals surface area contributed by atoms with E-state index in [1.165, 1.54) is 7.11 Å². The van der Waals surface area contributed by atoms with Gasteiger partial charge in [0.1, 0.15) is 12.6 Å². The molecule has 0 heterocycles. The van der Waals surface area contributed by atoms with Crippen molar-refractivity contribution in [2.45, 2.75) is 25.6 Å². The number of ether oxygens (including phenoxy) is 2. The van der Waals surface area contributed by atoms with Crippen molar-refractivity contribution < 1.29 is 27.4 Å². The summed E-state index contributed by atoms with van der Waals surface area (Å²) in [4.78, 5) is 12.5. The van der Waals surface area contributed by atoms with Gasteiger partial charge in [0.2, 0.25) is 0 Å². The van der Waals surface area contributed by atoms with Crippen molar-refractivity contribution in [3.05, 3.63) is 0 Å². The number of methoxy groups -OCH3 is 1.